The van der Waals surface area contributed by atoms with Crippen molar-refractivity contribution in [3.8, 4) is 11.5 Å². The summed E-state index contributed by atoms with van der Waals surface area (Å²) >= 11 is 5.96. The Morgan fingerprint density at radius 3 is 2.32 bits per heavy atom. The van der Waals surface area contributed by atoms with Crippen LogP contribution < -0.4 is 19.5 Å². The van der Waals surface area contributed by atoms with E-state index in [0.717, 1.165) is 11.1 Å². The van der Waals surface area contributed by atoms with Crippen LogP contribution in [0.5, 0.6) is 11.5 Å². The molecule has 0 heterocycles. The number of rotatable bonds is 13. The molecule has 0 bridgehead atoms. The van der Waals surface area contributed by atoms with Gasteiger partial charge < -0.3 is 14.8 Å². The van der Waals surface area contributed by atoms with Crippen LogP contribution >= 0.6 is 11.6 Å². The summed E-state index contributed by atoms with van der Waals surface area (Å²) in [5, 5.41) is 3.53. The molecular weight excluding hydrogens is 476 g/mol. The molecule has 0 aromatic heterocycles. The number of hydrogen-bond donors (Lipinski definition) is 2. The Morgan fingerprint density at radius 1 is 1.06 bits per heavy atom. The first-order chi connectivity index (χ1) is 16.1. The summed E-state index contributed by atoms with van der Waals surface area (Å²) in [5.74, 6) is 0.850. The highest BCUT2D eigenvalue weighted by Gasteiger charge is 2.26. The molecule has 34 heavy (non-hydrogen) atoms. The number of benzene rings is 2. The maximum absolute atomic E-state index is 12.5. The third-order valence-corrected chi connectivity index (χ3v) is 7.13. The van der Waals surface area contributed by atoms with Crippen molar-refractivity contribution in [3.63, 3.8) is 0 Å². The summed E-state index contributed by atoms with van der Waals surface area (Å²) < 4.78 is 37.7. The van der Waals surface area contributed by atoms with Gasteiger partial charge in [-0.25, -0.2) is 13.1 Å². The maximum atomic E-state index is 12.5. The Balaban J connectivity index is 1.93. The van der Waals surface area contributed by atoms with Crippen molar-refractivity contribution in [3.05, 3.63) is 58.6 Å². The quantitative estimate of drug-likeness (QED) is 0.422. The van der Waals surface area contributed by atoms with Crippen molar-refractivity contribution < 1.29 is 22.7 Å². The molecule has 0 aliphatic heterocycles. The van der Waals surface area contributed by atoms with Crippen LogP contribution in [0, 0.1) is 5.92 Å². The van der Waals surface area contributed by atoms with Gasteiger partial charge in [0.15, 0.2) is 11.5 Å². The van der Waals surface area contributed by atoms with Gasteiger partial charge in [0.25, 0.3) is 0 Å². The lowest BCUT2D eigenvalue weighted by Crippen LogP contribution is -2.50. The van der Waals surface area contributed by atoms with Gasteiger partial charge in [-0.05, 0) is 54.7 Å². The predicted molar refractivity (Wildman–Crippen MR) is 136 cm³/mol. The number of ether oxygens (including phenoxy) is 2. The van der Waals surface area contributed by atoms with E-state index in [1.54, 1.807) is 21.0 Å². The topological polar surface area (TPSA) is 93.7 Å². The molecule has 9 heteroatoms. The largest absolute Gasteiger partial charge is 0.493 e. The fourth-order valence-corrected chi connectivity index (χ4v) is 4.36. The van der Waals surface area contributed by atoms with Crippen molar-refractivity contribution in [2.75, 3.05) is 26.0 Å². The van der Waals surface area contributed by atoms with E-state index in [2.05, 4.69) is 17.0 Å². The average Bonchev–Trinajstić information content (AvgIpc) is 2.81. The molecule has 188 valence electrons. The third kappa shape index (κ3) is 8.49. The van der Waals surface area contributed by atoms with E-state index in [1.165, 1.54) is 6.92 Å². The molecule has 0 unspecified atom stereocenters. The summed E-state index contributed by atoms with van der Waals surface area (Å²) in [6.07, 6.45) is 0.564. The second-order valence-corrected chi connectivity index (χ2v) is 11.0. The van der Waals surface area contributed by atoms with E-state index in [4.69, 9.17) is 21.1 Å². The molecule has 0 aliphatic carbocycles. The number of amides is 1. The molecule has 1 amide bonds. The molecule has 2 aromatic carbocycles. The second kappa shape index (κ2) is 13.0. The molecule has 0 spiro atoms. The predicted octanol–water partition coefficient (Wildman–Crippen LogP) is 4.15. The Morgan fingerprint density at radius 2 is 1.74 bits per heavy atom. The maximum Gasteiger partial charge on any atom is 0.238 e. The molecule has 7 nitrogen and oxygen atoms in total. The monoisotopic (exact) mass is 510 g/mol. The second-order valence-electron chi connectivity index (χ2n) is 8.53. The van der Waals surface area contributed by atoms with Gasteiger partial charge in [-0.1, -0.05) is 50.6 Å². The molecule has 0 saturated carbocycles. The molecule has 0 fully saturated rings. The van der Waals surface area contributed by atoms with E-state index in [9.17, 15) is 13.2 Å². The Bertz CT molecular complexity index is 1040. The number of hydrogen-bond acceptors (Lipinski definition) is 5. The minimum atomic E-state index is -3.48. The minimum absolute atomic E-state index is 0.0732. The molecule has 2 rings (SSSR count). The Hall–Kier alpha value is -2.29. The average molecular weight is 511 g/mol. The summed E-state index contributed by atoms with van der Waals surface area (Å²) in [7, 11) is -1.89. The number of carbonyl (C=O) groups excluding carboxylic acids is 1. The van der Waals surface area contributed by atoms with E-state index >= 15 is 0 Å². The van der Waals surface area contributed by atoms with Gasteiger partial charge >= 0.3 is 0 Å². The third-order valence-electron chi connectivity index (χ3n) is 5.50. The highest BCUT2D eigenvalue weighted by Crippen LogP contribution is 2.29. The van der Waals surface area contributed by atoms with Crippen molar-refractivity contribution in [1.82, 2.24) is 10.0 Å². The van der Waals surface area contributed by atoms with E-state index in [1.807, 2.05) is 42.5 Å². The normalized spacial score (nSPS) is 13.4. The molecule has 2 atom stereocenters. The molecule has 0 radical (unpaired) electrons. The van der Waals surface area contributed by atoms with Crippen molar-refractivity contribution >= 4 is 27.5 Å². The lowest BCUT2D eigenvalue weighted by molar-refractivity contribution is -0.123. The fourth-order valence-electron chi connectivity index (χ4n) is 3.30. The summed E-state index contributed by atoms with van der Waals surface area (Å²) in [6, 6.07) is 12.6. The van der Waals surface area contributed by atoms with Crippen LogP contribution in [-0.4, -0.2) is 46.4 Å². The van der Waals surface area contributed by atoms with Crippen LogP contribution in [-0.2, 0) is 21.2 Å². The smallest absolute Gasteiger partial charge is 0.238 e. The first-order valence-electron chi connectivity index (χ1n) is 11.4. The first kappa shape index (κ1) is 28.0. The zero-order chi connectivity index (χ0) is 25.3. The van der Waals surface area contributed by atoms with Crippen LogP contribution in [0.25, 0.3) is 0 Å². The number of carbonyl (C=O) groups is 1. The summed E-state index contributed by atoms with van der Waals surface area (Å²) in [4.78, 5) is 12.5. The van der Waals surface area contributed by atoms with E-state index in [0.29, 0.717) is 36.1 Å². The van der Waals surface area contributed by atoms with Gasteiger partial charge in [-0.2, -0.15) is 0 Å². The van der Waals surface area contributed by atoms with Crippen LogP contribution in [0.2, 0.25) is 5.02 Å². The van der Waals surface area contributed by atoms with Crippen LogP contribution in [0.1, 0.15) is 44.7 Å². The Labute approximate surface area is 208 Å². The van der Waals surface area contributed by atoms with Crippen LogP contribution in [0.15, 0.2) is 42.5 Å². The molecule has 0 saturated heterocycles. The Kier molecular flexibility index (Phi) is 10.7. The van der Waals surface area contributed by atoms with Gasteiger partial charge in [0.05, 0.1) is 19.5 Å². The van der Waals surface area contributed by atoms with Gasteiger partial charge in [-0.3, -0.25) is 4.79 Å². The fraction of sp³-hybridized carbons (Fsp3) is 0.480. The van der Waals surface area contributed by atoms with E-state index < -0.39 is 16.1 Å². The zero-order valence-electron chi connectivity index (χ0n) is 20.4. The van der Waals surface area contributed by atoms with E-state index in [-0.39, 0.29) is 23.5 Å². The SMILES string of the molecule is CCS(=O)(=O)N[C@@H](C(=O)NCCc1ccc(OC[C@@H](C)c2ccc(Cl)cc2)c(OC)c1)C(C)C. The highest BCUT2D eigenvalue weighted by molar-refractivity contribution is 7.89. The first-order valence-corrected chi connectivity index (χ1v) is 13.4. The van der Waals surface area contributed by atoms with Crippen LogP contribution in [0.4, 0.5) is 0 Å². The zero-order valence-corrected chi connectivity index (χ0v) is 22.0. The molecular formula is C25H35ClN2O5S. The standard InChI is InChI=1S/C25H35ClN2O5S/c1-6-34(30,31)28-24(17(2)3)25(29)27-14-13-19-7-12-22(23(15-19)32-5)33-16-18(4)20-8-10-21(26)11-9-20/h7-12,15,17-18,24,28H,6,13-14,16H2,1-5H3,(H,27,29)/t18-,24-/m1/s1. The summed E-state index contributed by atoms with van der Waals surface area (Å²) in [6.45, 7) is 8.08. The van der Waals surface area contributed by atoms with Crippen molar-refractivity contribution in [1.29, 1.82) is 0 Å². The lowest BCUT2D eigenvalue weighted by Gasteiger charge is -2.21. The van der Waals surface area contributed by atoms with Gasteiger partial charge in [0, 0.05) is 17.5 Å². The van der Waals surface area contributed by atoms with Gasteiger partial charge in [-0.15, -0.1) is 0 Å². The number of methoxy groups -OCH3 is 1. The molecule has 0 aliphatic rings. The number of nitrogens with one attached hydrogen (secondary N) is 2. The molecule has 2 N–H and O–H groups in total. The summed E-state index contributed by atoms with van der Waals surface area (Å²) in [5.41, 5.74) is 2.10. The number of halogens is 1. The van der Waals surface area contributed by atoms with Gasteiger partial charge in [0.1, 0.15) is 6.04 Å². The highest BCUT2D eigenvalue weighted by atomic mass is 35.5. The number of sulfonamides is 1. The van der Waals surface area contributed by atoms with Crippen molar-refractivity contribution in [2.45, 2.75) is 46.1 Å². The minimum Gasteiger partial charge on any atom is -0.493 e. The van der Waals surface area contributed by atoms with Gasteiger partial charge in [0.2, 0.25) is 15.9 Å². The lowest BCUT2D eigenvalue weighted by atomic mass is 10.0. The van der Waals surface area contributed by atoms with Crippen molar-refractivity contribution in [2.24, 2.45) is 5.92 Å². The molecule has 2 aromatic rings. The van der Waals surface area contributed by atoms with Crippen LogP contribution in [0.3, 0.4) is 0 Å².